The van der Waals surface area contributed by atoms with E-state index in [2.05, 4.69) is 24.5 Å². The van der Waals surface area contributed by atoms with E-state index in [0.29, 0.717) is 17.2 Å². The van der Waals surface area contributed by atoms with Gasteiger partial charge in [-0.05, 0) is 42.5 Å². The second-order valence-corrected chi connectivity index (χ2v) is 8.34. The summed E-state index contributed by atoms with van der Waals surface area (Å²) in [7, 11) is 1.56. The summed E-state index contributed by atoms with van der Waals surface area (Å²) < 4.78 is 5.15. The maximum atomic E-state index is 13.1. The Bertz CT molecular complexity index is 943. The first-order valence-corrected chi connectivity index (χ1v) is 10.4. The highest BCUT2D eigenvalue weighted by molar-refractivity contribution is 6.09. The molecule has 1 heterocycles. The van der Waals surface area contributed by atoms with Gasteiger partial charge in [0.15, 0.2) is 0 Å². The summed E-state index contributed by atoms with van der Waals surface area (Å²) in [6, 6.07) is 15.8. The summed E-state index contributed by atoms with van der Waals surface area (Å²) in [5, 5.41) is 5.71. The zero-order valence-electron chi connectivity index (χ0n) is 18.3. The topological polar surface area (TPSA) is 87.7 Å². The van der Waals surface area contributed by atoms with Crippen LogP contribution < -0.4 is 15.4 Å². The lowest BCUT2D eigenvalue weighted by atomic mass is 9.92. The van der Waals surface area contributed by atoms with E-state index >= 15 is 0 Å². The van der Waals surface area contributed by atoms with Gasteiger partial charge in [-0.3, -0.25) is 14.5 Å². The molecule has 31 heavy (non-hydrogen) atoms. The summed E-state index contributed by atoms with van der Waals surface area (Å²) >= 11 is 0. The van der Waals surface area contributed by atoms with Crippen molar-refractivity contribution in [2.45, 2.75) is 38.8 Å². The highest BCUT2D eigenvalue weighted by Crippen LogP contribution is 2.30. The Hall–Kier alpha value is -3.35. The molecule has 2 aromatic carbocycles. The molecule has 0 aliphatic carbocycles. The van der Waals surface area contributed by atoms with Crippen LogP contribution in [0.3, 0.4) is 0 Å². The van der Waals surface area contributed by atoms with Gasteiger partial charge in [0.25, 0.3) is 5.91 Å². The minimum atomic E-state index is -1.24. The monoisotopic (exact) mass is 423 g/mol. The van der Waals surface area contributed by atoms with Gasteiger partial charge < -0.3 is 15.4 Å². The van der Waals surface area contributed by atoms with Crippen LogP contribution in [0.1, 0.15) is 44.4 Å². The molecule has 0 radical (unpaired) electrons. The van der Waals surface area contributed by atoms with E-state index in [1.54, 1.807) is 38.3 Å². The minimum Gasteiger partial charge on any atom is -0.497 e. The molecule has 4 amide bonds. The van der Waals surface area contributed by atoms with Crippen LogP contribution in [0, 0.1) is 5.92 Å². The van der Waals surface area contributed by atoms with Gasteiger partial charge in [0, 0.05) is 0 Å². The Kier molecular flexibility index (Phi) is 6.63. The Balaban J connectivity index is 1.73. The first kappa shape index (κ1) is 22.3. The number of imide groups is 1. The smallest absolute Gasteiger partial charge is 0.325 e. The maximum Gasteiger partial charge on any atom is 0.325 e. The summed E-state index contributed by atoms with van der Waals surface area (Å²) in [5.74, 6) is 0.174. The van der Waals surface area contributed by atoms with E-state index in [1.807, 2.05) is 30.3 Å². The highest BCUT2D eigenvalue weighted by atomic mass is 16.5. The second-order valence-electron chi connectivity index (χ2n) is 8.34. The van der Waals surface area contributed by atoms with Crippen molar-refractivity contribution >= 4 is 17.8 Å². The Labute approximate surface area is 182 Å². The molecule has 1 aliphatic heterocycles. The number of urea groups is 1. The molecule has 164 valence electrons. The Morgan fingerprint density at radius 2 is 1.74 bits per heavy atom. The van der Waals surface area contributed by atoms with E-state index < -0.39 is 17.5 Å². The van der Waals surface area contributed by atoms with Gasteiger partial charge >= 0.3 is 6.03 Å². The van der Waals surface area contributed by atoms with E-state index in [4.69, 9.17) is 4.74 Å². The van der Waals surface area contributed by atoms with Gasteiger partial charge in [-0.15, -0.1) is 0 Å². The maximum absolute atomic E-state index is 13.1. The normalized spacial score (nSPS) is 19.3. The summed E-state index contributed by atoms with van der Waals surface area (Å²) in [6.45, 7) is 5.47. The molecule has 1 saturated heterocycles. The van der Waals surface area contributed by atoms with Crippen LogP contribution in [0.2, 0.25) is 0 Å². The molecule has 0 saturated carbocycles. The van der Waals surface area contributed by atoms with Crippen molar-refractivity contribution in [1.29, 1.82) is 0 Å². The number of rotatable bonds is 8. The van der Waals surface area contributed by atoms with Crippen molar-refractivity contribution in [2.24, 2.45) is 5.92 Å². The average Bonchev–Trinajstić information content (AvgIpc) is 2.97. The minimum absolute atomic E-state index is 0.192. The van der Waals surface area contributed by atoms with E-state index in [-0.39, 0.29) is 18.5 Å². The lowest BCUT2D eigenvalue weighted by Crippen LogP contribution is -2.44. The highest BCUT2D eigenvalue weighted by Gasteiger charge is 2.49. The average molecular weight is 424 g/mol. The third-order valence-electron chi connectivity index (χ3n) is 5.49. The lowest BCUT2D eigenvalue weighted by molar-refractivity contribution is -0.135. The lowest BCUT2D eigenvalue weighted by Gasteiger charge is -2.24. The van der Waals surface area contributed by atoms with Crippen LogP contribution in [-0.2, 0) is 15.1 Å². The molecule has 0 bridgehead atoms. The van der Waals surface area contributed by atoms with Crippen molar-refractivity contribution in [1.82, 2.24) is 15.5 Å². The molecule has 0 aromatic heterocycles. The van der Waals surface area contributed by atoms with E-state index in [9.17, 15) is 14.4 Å². The third kappa shape index (κ3) is 4.87. The summed E-state index contributed by atoms with van der Waals surface area (Å²) in [6.07, 6.45) is 0.749. The Morgan fingerprint density at radius 1 is 1.10 bits per heavy atom. The van der Waals surface area contributed by atoms with Crippen molar-refractivity contribution < 1.29 is 19.1 Å². The van der Waals surface area contributed by atoms with Crippen molar-refractivity contribution in [3.8, 4) is 5.75 Å². The molecule has 0 spiro atoms. The van der Waals surface area contributed by atoms with Crippen LogP contribution in [0.4, 0.5) is 4.79 Å². The quantitative estimate of drug-likeness (QED) is 0.638. The molecule has 2 atom stereocenters. The predicted molar refractivity (Wildman–Crippen MR) is 117 cm³/mol. The number of methoxy groups -OCH3 is 1. The molecule has 1 aliphatic rings. The molecule has 7 heteroatoms. The molecule has 2 N–H and O–H groups in total. The van der Waals surface area contributed by atoms with Gasteiger partial charge in [-0.2, -0.15) is 0 Å². The van der Waals surface area contributed by atoms with E-state index in [1.165, 1.54) is 0 Å². The van der Waals surface area contributed by atoms with Crippen LogP contribution in [0.15, 0.2) is 54.6 Å². The van der Waals surface area contributed by atoms with Gasteiger partial charge in [-0.1, -0.05) is 56.3 Å². The van der Waals surface area contributed by atoms with Crippen LogP contribution >= 0.6 is 0 Å². The van der Waals surface area contributed by atoms with Crippen molar-refractivity contribution in [3.05, 3.63) is 65.7 Å². The van der Waals surface area contributed by atoms with Crippen molar-refractivity contribution in [3.63, 3.8) is 0 Å². The van der Waals surface area contributed by atoms with Gasteiger partial charge in [0.2, 0.25) is 5.91 Å². The fourth-order valence-electron chi connectivity index (χ4n) is 3.78. The number of benzene rings is 2. The molecule has 7 nitrogen and oxygen atoms in total. The number of nitrogens with one attached hydrogen (secondary N) is 2. The molecule has 2 aromatic rings. The summed E-state index contributed by atoms with van der Waals surface area (Å²) in [5.41, 5.74) is 0.377. The SMILES string of the molecule is COc1ccc([C@@]2(C)NC(=O)N(CC(=O)N[C@H](CC(C)C)c3ccccc3)C2=O)cc1. The van der Waals surface area contributed by atoms with Gasteiger partial charge in [0.1, 0.15) is 17.8 Å². The zero-order chi connectivity index (χ0) is 22.6. The largest absolute Gasteiger partial charge is 0.497 e. The summed E-state index contributed by atoms with van der Waals surface area (Å²) in [4.78, 5) is 39.4. The zero-order valence-corrected chi connectivity index (χ0v) is 18.3. The fraction of sp³-hybridized carbons (Fsp3) is 0.375. The number of nitrogens with zero attached hydrogens (tertiary/aromatic N) is 1. The van der Waals surface area contributed by atoms with Crippen LogP contribution in [0.5, 0.6) is 5.75 Å². The molecule has 3 rings (SSSR count). The van der Waals surface area contributed by atoms with Crippen LogP contribution in [-0.4, -0.2) is 36.4 Å². The number of hydrogen-bond donors (Lipinski definition) is 2. The molecule has 1 fully saturated rings. The molecular formula is C24H29N3O4. The third-order valence-corrected chi connectivity index (χ3v) is 5.49. The number of ether oxygens (including phenoxy) is 1. The number of carbonyl (C=O) groups is 3. The molecular weight excluding hydrogens is 394 g/mol. The van der Waals surface area contributed by atoms with Gasteiger partial charge in [-0.25, -0.2) is 4.79 Å². The predicted octanol–water partition coefficient (Wildman–Crippen LogP) is 3.37. The Morgan fingerprint density at radius 3 is 2.32 bits per heavy atom. The first-order chi connectivity index (χ1) is 14.7. The van der Waals surface area contributed by atoms with Crippen molar-refractivity contribution in [2.75, 3.05) is 13.7 Å². The van der Waals surface area contributed by atoms with Crippen LogP contribution in [0.25, 0.3) is 0 Å². The molecule has 0 unspecified atom stereocenters. The second kappa shape index (κ2) is 9.20. The fourth-order valence-corrected chi connectivity index (χ4v) is 3.78. The standard InChI is InChI=1S/C24H29N3O4/c1-16(2)14-20(17-8-6-5-7-9-17)25-21(28)15-27-22(29)24(3,26-23(27)30)18-10-12-19(31-4)13-11-18/h5-13,16,20H,14-15H2,1-4H3,(H,25,28)(H,26,30)/t20-,24-/m1/s1. The van der Waals surface area contributed by atoms with E-state index in [0.717, 1.165) is 16.9 Å². The number of hydrogen-bond acceptors (Lipinski definition) is 4. The number of carbonyl (C=O) groups excluding carboxylic acids is 3. The first-order valence-electron chi connectivity index (χ1n) is 10.4. The number of amides is 4. The van der Waals surface area contributed by atoms with Gasteiger partial charge in [0.05, 0.1) is 13.2 Å².